The number of hydrogen-bond donors (Lipinski definition) is 0. The van der Waals surface area contributed by atoms with Crippen LogP contribution in [0.3, 0.4) is 0 Å². The molecule has 13 aromatic rings. The molecule has 4 heteroatoms. The lowest BCUT2D eigenvalue weighted by Gasteiger charge is -2.30. The minimum absolute atomic E-state index is 1.08. The van der Waals surface area contributed by atoms with Gasteiger partial charge in [-0.3, -0.25) is 0 Å². The number of thiophene rings is 1. The van der Waals surface area contributed by atoms with Crippen molar-refractivity contribution < 1.29 is 0 Å². The Hall–Kier alpha value is -8.96. The number of benzene rings is 11. The van der Waals surface area contributed by atoms with Crippen LogP contribution in [0, 0.1) is 0 Å². The van der Waals surface area contributed by atoms with Gasteiger partial charge in [0.1, 0.15) is 0 Å². The average molecular weight is 912 g/mol. The van der Waals surface area contributed by atoms with Gasteiger partial charge in [-0.25, -0.2) is 0 Å². The highest BCUT2D eigenvalue weighted by molar-refractivity contribution is 7.26. The first kappa shape index (κ1) is 41.2. The molecular weight excluding hydrogens is 867 g/mol. The predicted molar refractivity (Wildman–Crippen MR) is 299 cm³/mol. The van der Waals surface area contributed by atoms with Crippen LogP contribution < -0.4 is 9.80 Å². The van der Waals surface area contributed by atoms with E-state index in [0.717, 1.165) is 39.8 Å². The summed E-state index contributed by atoms with van der Waals surface area (Å²) in [5.74, 6) is 0. The molecule has 0 N–H and O–H groups in total. The summed E-state index contributed by atoms with van der Waals surface area (Å²) in [6.45, 7) is 0. The van der Waals surface area contributed by atoms with E-state index in [1.165, 1.54) is 75.4 Å². The maximum atomic E-state index is 2.45. The van der Waals surface area contributed by atoms with E-state index in [1.54, 1.807) is 0 Å². The first-order valence-electron chi connectivity index (χ1n) is 23.8. The summed E-state index contributed by atoms with van der Waals surface area (Å²) in [5.41, 5.74) is 17.2. The molecule has 0 unspecified atom stereocenters. The van der Waals surface area contributed by atoms with Crippen LogP contribution in [0.4, 0.5) is 34.1 Å². The van der Waals surface area contributed by atoms with Crippen molar-refractivity contribution in [3.63, 3.8) is 0 Å². The Balaban J connectivity index is 1.04. The van der Waals surface area contributed by atoms with Crippen LogP contribution in [0.15, 0.2) is 273 Å². The zero-order valence-electron chi connectivity index (χ0n) is 38.2. The molecule has 2 heterocycles. The highest BCUT2D eigenvalue weighted by Crippen LogP contribution is 2.50. The second-order valence-corrected chi connectivity index (χ2v) is 18.8. The molecule has 330 valence electrons. The quantitative estimate of drug-likeness (QED) is 0.135. The molecule has 0 bridgehead atoms. The van der Waals surface area contributed by atoms with E-state index in [4.69, 9.17) is 0 Å². The van der Waals surface area contributed by atoms with Crippen LogP contribution in [-0.2, 0) is 0 Å². The molecule has 0 atom stereocenters. The summed E-state index contributed by atoms with van der Waals surface area (Å²) in [5, 5.41) is 4.94. The van der Waals surface area contributed by atoms with E-state index in [1.807, 2.05) is 11.3 Å². The fourth-order valence-electron chi connectivity index (χ4n) is 10.3. The number of para-hydroxylation sites is 4. The molecule has 0 saturated heterocycles. The second kappa shape index (κ2) is 17.6. The van der Waals surface area contributed by atoms with E-state index in [-0.39, 0.29) is 0 Å². The van der Waals surface area contributed by atoms with Crippen LogP contribution in [-0.4, -0.2) is 4.57 Å². The van der Waals surface area contributed by atoms with Crippen molar-refractivity contribution >= 4 is 87.4 Å². The van der Waals surface area contributed by atoms with E-state index in [2.05, 4.69) is 287 Å². The van der Waals surface area contributed by atoms with E-state index < -0.39 is 0 Å². The second-order valence-electron chi connectivity index (χ2n) is 17.7. The van der Waals surface area contributed by atoms with Crippen LogP contribution >= 0.6 is 11.3 Å². The summed E-state index contributed by atoms with van der Waals surface area (Å²) >= 11 is 1.86. The van der Waals surface area contributed by atoms with Gasteiger partial charge in [-0.2, -0.15) is 0 Å². The van der Waals surface area contributed by atoms with Gasteiger partial charge in [0, 0.05) is 65.1 Å². The molecular formula is C66H45N3S. The SMILES string of the molecule is c1ccc(-c2ccc(N(c3ccccc3)c3cc(N(c4ccccc4)c4ccc(-c5ccccc5)cc4)c4c(c3)sc3ccc(-c5ccc6c7ccccc7n(-c7ccccc7)c6c5)cc34)cc2)cc1. The maximum Gasteiger partial charge on any atom is 0.0575 e. The Kier molecular flexibility index (Phi) is 10.4. The lowest BCUT2D eigenvalue weighted by atomic mass is 9.99. The van der Waals surface area contributed by atoms with Crippen LogP contribution in [0.5, 0.6) is 0 Å². The Bertz CT molecular complexity index is 3960. The summed E-state index contributed by atoms with van der Waals surface area (Å²) in [6.07, 6.45) is 0. The van der Waals surface area contributed by atoms with Crippen LogP contribution in [0.1, 0.15) is 0 Å². The molecule has 0 aliphatic carbocycles. The molecule has 70 heavy (non-hydrogen) atoms. The molecule has 0 radical (unpaired) electrons. The molecule has 0 amide bonds. The van der Waals surface area contributed by atoms with Crippen molar-refractivity contribution in [3.05, 3.63) is 273 Å². The maximum absolute atomic E-state index is 2.45. The van der Waals surface area contributed by atoms with Crippen molar-refractivity contribution in [2.75, 3.05) is 9.80 Å². The van der Waals surface area contributed by atoms with Gasteiger partial charge >= 0.3 is 0 Å². The first-order valence-corrected chi connectivity index (χ1v) is 24.6. The monoisotopic (exact) mass is 911 g/mol. The Morgan fingerprint density at radius 3 is 1.36 bits per heavy atom. The number of nitrogens with zero attached hydrogens (tertiary/aromatic N) is 3. The van der Waals surface area contributed by atoms with Gasteiger partial charge < -0.3 is 14.4 Å². The molecule has 13 rings (SSSR count). The lowest BCUT2D eigenvalue weighted by molar-refractivity contribution is 1.18. The molecule has 0 aliphatic heterocycles. The zero-order chi connectivity index (χ0) is 46.4. The van der Waals surface area contributed by atoms with Crippen molar-refractivity contribution in [3.8, 4) is 39.1 Å². The van der Waals surface area contributed by atoms with E-state index in [0.29, 0.717) is 0 Å². The highest BCUT2D eigenvalue weighted by atomic mass is 32.1. The fourth-order valence-corrected chi connectivity index (χ4v) is 11.4. The van der Waals surface area contributed by atoms with E-state index in [9.17, 15) is 0 Å². The zero-order valence-corrected chi connectivity index (χ0v) is 39.0. The molecule has 0 aliphatic rings. The van der Waals surface area contributed by atoms with Gasteiger partial charge in [-0.05, 0) is 130 Å². The smallest absolute Gasteiger partial charge is 0.0575 e. The van der Waals surface area contributed by atoms with Gasteiger partial charge in [0.25, 0.3) is 0 Å². The van der Waals surface area contributed by atoms with Crippen LogP contribution in [0.25, 0.3) is 81.0 Å². The number of aromatic nitrogens is 1. The number of rotatable bonds is 10. The highest BCUT2D eigenvalue weighted by Gasteiger charge is 2.24. The largest absolute Gasteiger partial charge is 0.310 e. The standard InChI is InChI=1S/C66H45N3S/c1-6-18-46(19-7-1)48-30-36-55(37-31-48)67(52-22-10-3-11-23-52)57-44-63(68(53-24-12-4-13-25-53)56-38-32-49(33-39-56)47-20-8-2-9-21-47)66-60-42-50(35-41-64(60)70-65(66)45-57)51-34-40-59-58-28-16-17-29-61(58)69(62(59)43-51)54-26-14-5-15-27-54/h1-45H. The molecule has 3 nitrogen and oxygen atoms in total. The third-order valence-corrected chi connectivity index (χ3v) is 14.7. The van der Waals surface area contributed by atoms with Gasteiger partial charge in [0.2, 0.25) is 0 Å². The van der Waals surface area contributed by atoms with Crippen LogP contribution in [0.2, 0.25) is 0 Å². The minimum Gasteiger partial charge on any atom is -0.310 e. The molecule has 2 aromatic heterocycles. The number of anilines is 6. The fraction of sp³-hybridized carbons (Fsp3) is 0. The Morgan fingerprint density at radius 1 is 0.271 bits per heavy atom. The van der Waals surface area contributed by atoms with Crippen molar-refractivity contribution in [2.24, 2.45) is 0 Å². The van der Waals surface area contributed by atoms with Gasteiger partial charge in [0.15, 0.2) is 0 Å². The summed E-state index contributed by atoms with van der Waals surface area (Å²) < 4.78 is 4.85. The minimum atomic E-state index is 1.08. The number of fused-ring (bicyclic) bond motifs is 6. The molecule has 0 saturated carbocycles. The summed E-state index contributed by atoms with van der Waals surface area (Å²) in [4.78, 5) is 4.85. The Labute approximate surface area is 411 Å². The normalized spacial score (nSPS) is 11.4. The Morgan fingerprint density at radius 2 is 0.729 bits per heavy atom. The number of hydrogen-bond acceptors (Lipinski definition) is 3. The molecule has 0 spiro atoms. The predicted octanol–water partition coefficient (Wildman–Crippen LogP) is 19.1. The van der Waals surface area contributed by atoms with Gasteiger partial charge in [-0.1, -0.05) is 176 Å². The van der Waals surface area contributed by atoms with Gasteiger partial charge in [0.05, 0.1) is 16.7 Å². The topological polar surface area (TPSA) is 11.4 Å². The third-order valence-electron chi connectivity index (χ3n) is 13.5. The third kappa shape index (κ3) is 7.39. The van der Waals surface area contributed by atoms with E-state index >= 15 is 0 Å². The first-order chi connectivity index (χ1) is 34.7. The van der Waals surface area contributed by atoms with Crippen molar-refractivity contribution in [1.29, 1.82) is 0 Å². The molecule has 0 fully saturated rings. The summed E-state index contributed by atoms with van der Waals surface area (Å²) in [7, 11) is 0. The van der Waals surface area contributed by atoms with Gasteiger partial charge in [-0.15, -0.1) is 11.3 Å². The lowest BCUT2D eigenvalue weighted by Crippen LogP contribution is -2.13. The van der Waals surface area contributed by atoms with Crippen molar-refractivity contribution in [2.45, 2.75) is 0 Å². The molecule has 11 aromatic carbocycles. The van der Waals surface area contributed by atoms with Crippen molar-refractivity contribution in [1.82, 2.24) is 4.57 Å². The summed E-state index contributed by atoms with van der Waals surface area (Å²) in [6, 6.07) is 99.2. The average Bonchev–Trinajstić information content (AvgIpc) is 3.98.